The summed E-state index contributed by atoms with van der Waals surface area (Å²) in [5.41, 5.74) is 6.45. The van der Waals surface area contributed by atoms with Crippen LogP contribution in [0.15, 0.2) is 18.2 Å². The van der Waals surface area contributed by atoms with Gasteiger partial charge in [0.2, 0.25) is 5.91 Å². The molecule has 1 aromatic carbocycles. The van der Waals surface area contributed by atoms with Crippen LogP contribution >= 0.6 is 0 Å². The highest BCUT2D eigenvalue weighted by Crippen LogP contribution is 2.17. The molecule has 0 aliphatic carbocycles. The van der Waals surface area contributed by atoms with Gasteiger partial charge in [0.05, 0.1) is 6.04 Å². The number of anilines is 1. The molecule has 1 atom stereocenters. The molecule has 1 aromatic rings. The van der Waals surface area contributed by atoms with Crippen LogP contribution < -0.4 is 11.1 Å². The molecule has 4 heteroatoms. The molecule has 3 N–H and O–H groups in total. The van der Waals surface area contributed by atoms with Crippen molar-refractivity contribution in [3.05, 3.63) is 29.6 Å². The fraction of sp³-hybridized carbons (Fsp3) is 0.364. The Morgan fingerprint density at radius 2 is 2.27 bits per heavy atom. The van der Waals surface area contributed by atoms with Crippen molar-refractivity contribution in [1.29, 1.82) is 0 Å². The Bertz CT molecular complexity index is 366. The maximum absolute atomic E-state index is 13.1. The summed E-state index contributed by atoms with van der Waals surface area (Å²) >= 11 is 0. The van der Waals surface area contributed by atoms with Gasteiger partial charge in [-0.15, -0.1) is 0 Å². The zero-order chi connectivity index (χ0) is 11.4. The normalized spacial score (nSPS) is 12.3. The van der Waals surface area contributed by atoms with Gasteiger partial charge in [-0.25, -0.2) is 4.39 Å². The summed E-state index contributed by atoms with van der Waals surface area (Å²) < 4.78 is 13.1. The highest BCUT2D eigenvalue weighted by atomic mass is 19.1. The number of carbonyl (C=O) groups is 1. The van der Waals surface area contributed by atoms with Crippen molar-refractivity contribution in [2.45, 2.75) is 26.3 Å². The minimum absolute atomic E-state index is 0.286. The molecule has 82 valence electrons. The predicted octanol–water partition coefficient (Wildman–Crippen LogP) is 1.81. The van der Waals surface area contributed by atoms with E-state index in [1.54, 1.807) is 19.1 Å². The molecular weight excluding hydrogens is 195 g/mol. The maximum atomic E-state index is 13.1. The molecule has 0 heterocycles. The van der Waals surface area contributed by atoms with Crippen molar-refractivity contribution in [2.75, 3.05) is 5.32 Å². The van der Waals surface area contributed by atoms with Crippen LogP contribution in [0.3, 0.4) is 0 Å². The molecule has 0 spiro atoms. The number of benzene rings is 1. The van der Waals surface area contributed by atoms with Gasteiger partial charge in [0, 0.05) is 11.3 Å². The Kier molecular flexibility index (Phi) is 3.80. The maximum Gasteiger partial charge on any atom is 0.241 e. The summed E-state index contributed by atoms with van der Waals surface area (Å²) in [6.07, 6.45) is 0.556. The Morgan fingerprint density at radius 3 is 2.87 bits per heavy atom. The van der Waals surface area contributed by atoms with Crippen molar-refractivity contribution < 1.29 is 9.18 Å². The Morgan fingerprint density at radius 1 is 1.60 bits per heavy atom. The van der Waals surface area contributed by atoms with Crippen LogP contribution in [-0.4, -0.2) is 11.9 Å². The molecule has 0 aliphatic rings. The second-order valence-corrected chi connectivity index (χ2v) is 3.42. The van der Waals surface area contributed by atoms with Crippen LogP contribution in [0.2, 0.25) is 0 Å². The molecular formula is C11H15FN2O. The van der Waals surface area contributed by atoms with Crippen molar-refractivity contribution in [3.63, 3.8) is 0 Å². The van der Waals surface area contributed by atoms with E-state index < -0.39 is 6.04 Å². The standard InChI is InChI=1S/C11H15FN2O/c1-3-9(13)11(15)14-10-6-4-5-8(12)7(10)2/h4-6,9H,3,13H2,1-2H3,(H,14,15). The highest BCUT2D eigenvalue weighted by molar-refractivity contribution is 5.95. The van der Waals surface area contributed by atoms with E-state index in [0.29, 0.717) is 17.7 Å². The zero-order valence-corrected chi connectivity index (χ0v) is 8.88. The monoisotopic (exact) mass is 210 g/mol. The average molecular weight is 210 g/mol. The molecule has 1 rings (SSSR count). The van der Waals surface area contributed by atoms with Crippen molar-refractivity contribution in [2.24, 2.45) is 5.73 Å². The summed E-state index contributed by atoms with van der Waals surface area (Å²) in [5, 5.41) is 2.60. The first kappa shape index (κ1) is 11.7. The lowest BCUT2D eigenvalue weighted by atomic mass is 10.1. The van der Waals surface area contributed by atoms with Gasteiger partial charge >= 0.3 is 0 Å². The number of amides is 1. The smallest absolute Gasteiger partial charge is 0.241 e. The zero-order valence-electron chi connectivity index (χ0n) is 8.88. The fourth-order valence-electron chi connectivity index (χ4n) is 1.15. The van der Waals surface area contributed by atoms with Gasteiger partial charge in [-0.1, -0.05) is 13.0 Å². The van der Waals surface area contributed by atoms with Crippen molar-refractivity contribution in [3.8, 4) is 0 Å². The fourth-order valence-corrected chi connectivity index (χ4v) is 1.15. The van der Waals surface area contributed by atoms with E-state index in [0.717, 1.165) is 0 Å². The van der Waals surface area contributed by atoms with Crippen LogP contribution in [-0.2, 0) is 4.79 Å². The molecule has 15 heavy (non-hydrogen) atoms. The van der Waals surface area contributed by atoms with Gasteiger partial charge in [-0.05, 0) is 25.5 Å². The molecule has 0 saturated carbocycles. The number of nitrogens with two attached hydrogens (primary N) is 1. The van der Waals surface area contributed by atoms with E-state index in [2.05, 4.69) is 5.32 Å². The van der Waals surface area contributed by atoms with Crippen LogP contribution in [0.4, 0.5) is 10.1 Å². The third-order valence-corrected chi connectivity index (χ3v) is 2.30. The van der Waals surface area contributed by atoms with Gasteiger partial charge in [-0.2, -0.15) is 0 Å². The number of carbonyl (C=O) groups excluding carboxylic acids is 1. The third-order valence-electron chi connectivity index (χ3n) is 2.30. The van der Waals surface area contributed by atoms with E-state index in [9.17, 15) is 9.18 Å². The van der Waals surface area contributed by atoms with Gasteiger partial charge in [-0.3, -0.25) is 4.79 Å². The van der Waals surface area contributed by atoms with Crippen molar-refractivity contribution in [1.82, 2.24) is 0 Å². The number of nitrogens with one attached hydrogen (secondary N) is 1. The van der Waals surface area contributed by atoms with Crippen LogP contribution in [0.1, 0.15) is 18.9 Å². The predicted molar refractivity (Wildman–Crippen MR) is 58.0 cm³/mol. The SMILES string of the molecule is CCC(N)C(=O)Nc1cccc(F)c1C. The van der Waals surface area contributed by atoms with E-state index >= 15 is 0 Å². The number of hydrogen-bond acceptors (Lipinski definition) is 2. The van der Waals surface area contributed by atoms with Crippen LogP contribution in [0, 0.1) is 12.7 Å². The summed E-state index contributed by atoms with van der Waals surface area (Å²) in [7, 11) is 0. The first-order valence-electron chi connectivity index (χ1n) is 4.87. The molecule has 0 bridgehead atoms. The summed E-state index contributed by atoms with van der Waals surface area (Å²) in [5.74, 6) is -0.621. The summed E-state index contributed by atoms with van der Waals surface area (Å²) in [6, 6.07) is 4.01. The average Bonchev–Trinajstić information content (AvgIpc) is 2.23. The Hall–Kier alpha value is -1.42. The van der Waals surface area contributed by atoms with Crippen LogP contribution in [0.25, 0.3) is 0 Å². The minimum atomic E-state index is -0.548. The molecule has 1 amide bonds. The van der Waals surface area contributed by atoms with Crippen molar-refractivity contribution >= 4 is 11.6 Å². The van der Waals surface area contributed by atoms with Gasteiger partial charge in [0.25, 0.3) is 0 Å². The first-order valence-corrected chi connectivity index (χ1v) is 4.87. The molecule has 0 radical (unpaired) electrons. The molecule has 0 saturated heterocycles. The lowest BCUT2D eigenvalue weighted by Crippen LogP contribution is -2.35. The molecule has 3 nitrogen and oxygen atoms in total. The Labute approximate surface area is 88.5 Å². The summed E-state index contributed by atoms with van der Waals surface area (Å²) in [4.78, 5) is 11.4. The molecule has 0 aromatic heterocycles. The lowest BCUT2D eigenvalue weighted by Gasteiger charge is -2.12. The minimum Gasteiger partial charge on any atom is -0.324 e. The number of hydrogen-bond donors (Lipinski definition) is 2. The Balaban J connectivity index is 2.81. The van der Waals surface area contributed by atoms with Gasteiger partial charge < -0.3 is 11.1 Å². The molecule has 1 unspecified atom stereocenters. The number of rotatable bonds is 3. The largest absolute Gasteiger partial charge is 0.324 e. The highest BCUT2D eigenvalue weighted by Gasteiger charge is 2.12. The molecule has 0 aliphatic heterocycles. The second-order valence-electron chi connectivity index (χ2n) is 3.42. The van der Waals surface area contributed by atoms with E-state index in [-0.39, 0.29) is 11.7 Å². The summed E-state index contributed by atoms with van der Waals surface area (Å²) in [6.45, 7) is 3.44. The molecule has 0 fully saturated rings. The quantitative estimate of drug-likeness (QED) is 0.799. The second kappa shape index (κ2) is 4.89. The third kappa shape index (κ3) is 2.76. The lowest BCUT2D eigenvalue weighted by molar-refractivity contribution is -0.117. The topological polar surface area (TPSA) is 55.1 Å². The van der Waals surface area contributed by atoms with E-state index in [1.807, 2.05) is 6.92 Å². The van der Waals surface area contributed by atoms with E-state index in [1.165, 1.54) is 6.07 Å². The van der Waals surface area contributed by atoms with E-state index in [4.69, 9.17) is 5.73 Å². The van der Waals surface area contributed by atoms with Crippen LogP contribution in [0.5, 0.6) is 0 Å². The first-order chi connectivity index (χ1) is 7.06. The van der Waals surface area contributed by atoms with Gasteiger partial charge in [0.15, 0.2) is 0 Å². The van der Waals surface area contributed by atoms with Gasteiger partial charge in [0.1, 0.15) is 5.82 Å². The number of halogens is 1.